The van der Waals surface area contributed by atoms with Gasteiger partial charge in [0.1, 0.15) is 6.27 Å². The minimum absolute atomic E-state index is 0.246. The van der Waals surface area contributed by atoms with E-state index in [0.29, 0.717) is 17.5 Å². The molecule has 16 heteroatoms. The van der Waals surface area contributed by atoms with E-state index in [9.17, 15) is 31.9 Å². The quantitative estimate of drug-likeness (QED) is 0.405. The summed E-state index contributed by atoms with van der Waals surface area (Å²) in [6, 6.07) is 2.78. The molecule has 0 amide bonds. The van der Waals surface area contributed by atoms with Crippen LogP contribution in [0.15, 0.2) is 38.9 Å². The first kappa shape index (κ1) is 23.7. The molecule has 4 rings (SSSR count). The number of aromatic hydroxyl groups is 1. The summed E-state index contributed by atoms with van der Waals surface area (Å²) in [5, 5.41) is 12.7. The third-order valence-corrected chi connectivity index (χ3v) is 7.09. The number of alkyl halides is 2. The molecule has 3 N–H and O–H groups in total. The number of nitrogens with zero attached hydrogens (tertiary/aromatic N) is 3. The Balaban J connectivity index is 1.69. The average Bonchev–Trinajstić information content (AvgIpc) is 2.73. The molecule has 0 saturated heterocycles. The molecule has 1 saturated carbocycles. The maximum atomic E-state index is 13.4. The fraction of sp³-hybridized carbons (Fsp3) is 0.263. The van der Waals surface area contributed by atoms with E-state index in [-0.39, 0.29) is 33.4 Å². The number of benzene rings is 1. The van der Waals surface area contributed by atoms with Crippen molar-refractivity contribution in [3.05, 3.63) is 61.0 Å². The summed E-state index contributed by atoms with van der Waals surface area (Å²) in [4.78, 5) is 28.6. The highest BCUT2D eigenvalue weighted by molar-refractivity contribution is 7.89. The number of aromatic nitrogens is 4. The zero-order valence-electron chi connectivity index (χ0n) is 18.3. The molecule has 0 bridgehead atoms. The molecule has 3 aromatic rings. The fourth-order valence-corrected chi connectivity index (χ4v) is 5.00. The monoisotopic (exact) mass is 550 g/mol. The van der Waals surface area contributed by atoms with Gasteiger partial charge in [-0.1, -0.05) is 29.6 Å². The molecule has 1 aliphatic rings. The van der Waals surface area contributed by atoms with Gasteiger partial charge in [0.05, 0.1) is 21.9 Å². The van der Waals surface area contributed by atoms with Gasteiger partial charge < -0.3 is 9.84 Å². The Labute approximate surface area is 206 Å². The Morgan fingerprint density at radius 2 is 1.91 bits per heavy atom. The van der Waals surface area contributed by atoms with Crippen LogP contribution in [0.3, 0.4) is 0 Å². The third-order valence-electron chi connectivity index (χ3n) is 4.98. The normalized spacial score (nSPS) is 14.9. The van der Waals surface area contributed by atoms with E-state index in [1.807, 2.05) is 0 Å². The summed E-state index contributed by atoms with van der Waals surface area (Å²) in [5.41, 5.74) is -4.53. The van der Waals surface area contributed by atoms with Crippen LogP contribution in [0.5, 0.6) is 17.4 Å². The van der Waals surface area contributed by atoms with Crippen LogP contribution in [0, 0.1) is 0 Å². The first-order valence-corrected chi connectivity index (χ1v) is 12.0. The molecule has 1 aliphatic carbocycles. The maximum absolute atomic E-state index is 13.4. The largest absolute Gasteiger partial charge is 0.505 e. The highest BCUT2D eigenvalue weighted by Crippen LogP contribution is 2.38. The van der Waals surface area contributed by atoms with E-state index >= 15 is 0 Å². The molecule has 2 heterocycles. The molecule has 0 aliphatic heterocycles. The molecule has 0 unspecified atom stereocenters. The van der Waals surface area contributed by atoms with Crippen molar-refractivity contribution < 1.29 is 28.4 Å². The average molecular weight is 551 g/mol. The van der Waals surface area contributed by atoms with E-state index in [4.69, 9.17) is 29.3 Å². The molecule has 186 valence electrons. The number of hydrogen-bond donors (Lipinski definition) is 3. The van der Waals surface area contributed by atoms with Crippen LogP contribution in [0.1, 0.15) is 32.7 Å². The zero-order chi connectivity index (χ0) is 26.4. The van der Waals surface area contributed by atoms with Gasteiger partial charge in [-0.25, -0.2) is 31.7 Å². The van der Waals surface area contributed by atoms with Crippen LogP contribution in [0.25, 0.3) is 5.69 Å². The molecular weight excluding hydrogens is 535 g/mol. The van der Waals surface area contributed by atoms with Crippen LogP contribution < -0.4 is 20.7 Å². The van der Waals surface area contributed by atoms with Gasteiger partial charge in [-0.2, -0.15) is 9.78 Å². The van der Waals surface area contributed by atoms with E-state index in [2.05, 4.69) is 14.8 Å². The summed E-state index contributed by atoms with van der Waals surface area (Å²) < 4.78 is 67.0. The topological polar surface area (TPSA) is 156 Å². The molecule has 2 aromatic heterocycles. The lowest BCUT2D eigenvalue weighted by molar-refractivity contribution is 0.141. The first-order valence-electron chi connectivity index (χ1n) is 10.3. The highest BCUT2D eigenvalue weighted by atomic mass is 35.5. The van der Waals surface area contributed by atoms with Crippen molar-refractivity contribution in [1.82, 2.24) is 24.5 Å². The second-order valence-corrected chi connectivity index (χ2v) is 9.86. The van der Waals surface area contributed by atoms with E-state index in [1.54, 1.807) is 4.98 Å². The van der Waals surface area contributed by atoms with Gasteiger partial charge in [-0.05, 0) is 25.0 Å². The predicted octanol–water partition coefficient (Wildman–Crippen LogP) is 2.89. The molecule has 35 heavy (non-hydrogen) atoms. The second-order valence-electron chi connectivity index (χ2n) is 7.36. The van der Waals surface area contributed by atoms with Crippen molar-refractivity contribution in [2.45, 2.75) is 36.6 Å². The number of hydrogen-bond acceptors (Lipinski definition) is 8. The summed E-state index contributed by atoms with van der Waals surface area (Å²) in [7, 11) is -4.09. The van der Waals surface area contributed by atoms with E-state index in [1.165, 1.54) is 0 Å². The van der Waals surface area contributed by atoms with Crippen LogP contribution in [-0.2, 0) is 10.0 Å². The standard InChI is InChI=1S/C19H15Cl2F2N5O6S/c20-10-4-9(28-19(31)25-18(30)15(26-28)17(22)23)5-11(21)16(10)34-14-6-13(12(29)7-24-14)35(32,33)27-8-2-1-3-8/h4-8,17,27,29H,1-3H2,(H,25,30,31)/i17D. The minimum Gasteiger partial charge on any atom is -0.505 e. The molecule has 0 atom stereocenters. The Kier molecular flexibility index (Phi) is 6.44. The van der Waals surface area contributed by atoms with Gasteiger partial charge in [0.15, 0.2) is 17.2 Å². The van der Waals surface area contributed by atoms with Crippen molar-refractivity contribution >= 4 is 33.2 Å². The van der Waals surface area contributed by atoms with Crippen molar-refractivity contribution in [1.29, 1.82) is 0 Å². The summed E-state index contributed by atoms with van der Waals surface area (Å²) in [5.74, 6) is -1.18. The summed E-state index contributed by atoms with van der Waals surface area (Å²) in [6.45, 7) is 0. The molecule has 0 radical (unpaired) electrons. The Bertz CT molecular complexity index is 1550. The molecule has 0 spiro atoms. The molecule has 1 fully saturated rings. The van der Waals surface area contributed by atoms with Crippen LogP contribution in [-0.4, -0.2) is 39.3 Å². The number of H-pyrrole nitrogens is 1. The second kappa shape index (κ2) is 9.53. The van der Waals surface area contributed by atoms with Crippen molar-refractivity contribution in [3.8, 4) is 23.1 Å². The van der Waals surface area contributed by atoms with Crippen LogP contribution >= 0.6 is 23.2 Å². The SMILES string of the molecule is [2H]C(F)(F)c1nn(-c2cc(Cl)c(Oc3cc(S(=O)(=O)NC4CCC4)c(O)cn3)c(Cl)c2)c(=O)[nH]c1=O. The first-order chi connectivity index (χ1) is 16.8. The van der Waals surface area contributed by atoms with Crippen molar-refractivity contribution in [3.63, 3.8) is 0 Å². The number of sulfonamides is 1. The molecule has 11 nitrogen and oxygen atoms in total. The maximum Gasteiger partial charge on any atom is 0.349 e. The Morgan fingerprint density at radius 1 is 1.26 bits per heavy atom. The minimum atomic E-state index is -4.39. The number of halogens is 4. The smallest absolute Gasteiger partial charge is 0.349 e. The van der Waals surface area contributed by atoms with Gasteiger partial charge in [-0.3, -0.25) is 9.78 Å². The summed E-state index contributed by atoms with van der Waals surface area (Å²) in [6.07, 6.45) is -1.33. The number of ether oxygens (including phenoxy) is 1. The Morgan fingerprint density at radius 3 is 2.49 bits per heavy atom. The highest BCUT2D eigenvalue weighted by Gasteiger charge is 2.28. The Hall–Kier alpha value is -3.07. The van der Waals surface area contributed by atoms with Gasteiger partial charge in [0.25, 0.3) is 12.0 Å². The zero-order valence-corrected chi connectivity index (χ0v) is 19.6. The molecule has 1 aromatic carbocycles. The lowest BCUT2D eigenvalue weighted by Gasteiger charge is -2.26. The van der Waals surface area contributed by atoms with E-state index < -0.39 is 44.0 Å². The number of pyridine rings is 1. The lowest BCUT2D eigenvalue weighted by Crippen LogP contribution is -2.39. The fourth-order valence-electron chi connectivity index (χ4n) is 3.06. The van der Waals surface area contributed by atoms with Gasteiger partial charge in [-0.15, -0.1) is 0 Å². The van der Waals surface area contributed by atoms with Gasteiger partial charge >= 0.3 is 5.69 Å². The number of nitrogens with one attached hydrogen (secondary N) is 2. The van der Waals surface area contributed by atoms with Crippen LogP contribution in [0.4, 0.5) is 8.78 Å². The molecular formula is C19H15Cl2F2N5O6S. The number of rotatable bonds is 7. The lowest BCUT2D eigenvalue weighted by atomic mass is 9.94. The van der Waals surface area contributed by atoms with Crippen LogP contribution in [0.2, 0.25) is 10.0 Å². The van der Waals surface area contributed by atoms with Crippen molar-refractivity contribution in [2.24, 2.45) is 0 Å². The van der Waals surface area contributed by atoms with Gasteiger partial charge in [0.2, 0.25) is 15.9 Å². The third kappa shape index (κ3) is 5.15. The summed E-state index contributed by atoms with van der Waals surface area (Å²) >= 11 is 12.4. The predicted molar refractivity (Wildman–Crippen MR) is 119 cm³/mol. The van der Waals surface area contributed by atoms with Gasteiger partial charge in [0, 0.05) is 12.1 Å². The van der Waals surface area contributed by atoms with Crippen molar-refractivity contribution in [2.75, 3.05) is 0 Å². The number of aromatic amines is 1. The van der Waals surface area contributed by atoms with E-state index in [0.717, 1.165) is 30.8 Å².